The van der Waals surface area contributed by atoms with Gasteiger partial charge in [0.15, 0.2) is 6.04 Å². The maximum atomic E-state index is 11.3. The molecule has 0 aromatic rings. The monoisotopic (exact) mass is 246 g/mol. The third-order valence-corrected chi connectivity index (χ3v) is 3.17. The van der Waals surface area contributed by atoms with E-state index in [1.165, 1.54) is 0 Å². The van der Waals surface area contributed by atoms with Crippen molar-refractivity contribution in [1.82, 2.24) is 16.1 Å². The van der Waals surface area contributed by atoms with Crippen molar-refractivity contribution < 1.29 is 9.59 Å². The zero-order chi connectivity index (χ0) is 9.64. The third-order valence-electron chi connectivity index (χ3n) is 2.17. The average Bonchev–Trinajstić information content (AvgIpc) is 2.27. The lowest BCUT2D eigenvalue weighted by atomic mass is 9.93. The maximum Gasteiger partial charge on any atom is 0.322 e. The van der Waals surface area contributed by atoms with Gasteiger partial charge in [0.1, 0.15) is 10.2 Å². The molecule has 2 heterocycles. The Labute approximate surface area is 82.3 Å². The molecule has 3 N–H and O–H groups in total. The molecule has 1 fully saturated rings. The minimum absolute atomic E-state index is 0.371. The number of carbonyl (C=O) groups excluding carboxylic acids is 2. The summed E-state index contributed by atoms with van der Waals surface area (Å²) in [6.45, 7) is 1.72. The zero-order valence-corrected chi connectivity index (χ0v) is 8.31. The first-order valence-corrected chi connectivity index (χ1v) is 4.45. The highest BCUT2D eigenvalue weighted by atomic mass is 79.9. The van der Waals surface area contributed by atoms with E-state index in [2.05, 4.69) is 37.1 Å². The van der Waals surface area contributed by atoms with Gasteiger partial charge in [-0.3, -0.25) is 15.5 Å². The minimum Gasteiger partial charge on any atom is -0.324 e. The standard InChI is InChI=1S/C6H7BrN4O2/c1-6-2(10-11-4(6)7)3(12)8-5(13)9-6/h2,10H,1H3,(H2,8,9,12,13). The molecule has 2 atom stereocenters. The van der Waals surface area contributed by atoms with Crippen LogP contribution in [0.25, 0.3) is 0 Å². The first kappa shape index (κ1) is 8.49. The smallest absolute Gasteiger partial charge is 0.322 e. The van der Waals surface area contributed by atoms with E-state index in [9.17, 15) is 9.59 Å². The predicted octanol–water partition coefficient (Wildman–Crippen LogP) is -0.735. The van der Waals surface area contributed by atoms with Crippen LogP contribution in [0.4, 0.5) is 4.79 Å². The summed E-state index contributed by atoms with van der Waals surface area (Å²) in [6, 6.07) is -1.04. The molecule has 2 aliphatic heterocycles. The lowest BCUT2D eigenvalue weighted by molar-refractivity contribution is -0.123. The minimum atomic E-state index is -0.764. The van der Waals surface area contributed by atoms with Crippen LogP contribution in [0.15, 0.2) is 5.10 Å². The average molecular weight is 247 g/mol. The van der Waals surface area contributed by atoms with E-state index in [4.69, 9.17) is 0 Å². The van der Waals surface area contributed by atoms with Crippen LogP contribution in [0.2, 0.25) is 0 Å². The van der Waals surface area contributed by atoms with Crippen molar-refractivity contribution in [3.63, 3.8) is 0 Å². The van der Waals surface area contributed by atoms with Crippen LogP contribution in [0, 0.1) is 0 Å². The number of fused-ring (bicyclic) bond motifs is 1. The van der Waals surface area contributed by atoms with Crippen molar-refractivity contribution >= 4 is 32.5 Å². The quantitative estimate of drug-likeness (QED) is 0.527. The molecule has 6 nitrogen and oxygen atoms in total. The lowest BCUT2D eigenvalue weighted by Gasteiger charge is -2.34. The normalized spacial score (nSPS) is 37.1. The van der Waals surface area contributed by atoms with Crippen LogP contribution in [0.1, 0.15) is 6.92 Å². The molecule has 0 radical (unpaired) electrons. The highest BCUT2D eigenvalue weighted by molar-refractivity contribution is 9.18. The van der Waals surface area contributed by atoms with Crippen LogP contribution in [0.5, 0.6) is 0 Å². The largest absolute Gasteiger partial charge is 0.324 e. The molecule has 3 amide bonds. The van der Waals surface area contributed by atoms with E-state index in [0.29, 0.717) is 4.62 Å². The van der Waals surface area contributed by atoms with Gasteiger partial charge in [0.25, 0.3) is 5.91 Å². The molecule has 0 aromatic heterocycles. The van der Waals surface area contributed by atoms with E-state index in [-0.39, 0.29) is 5.91 Å². The summed E-state index contributed by atoms with van der Waals surface area (Å²) in [6.07, 6.45) is 0. The number of carbonyl (C=O) groups is 2. The topological polar surface area (TPSA) is 82.6 Å². The number of hydrazone groups is 1. The van der Waals surface area contributed by atoms with E-state index in [1.54, 1.807) is 6.92 Å². The summed E-state index contributed by atoms with van der Waals surface area (Å²) >= 11 is 3.18. The molecule has 13 heavy (non-hydrogen) atoms. The van der Waals surface area contributed by atoms with Gasteiger partial charge in [-0.25, -0.2) is 4.79 Å². The summed E-state index contributed by atoms with van der Waals surface area (Å²) in [5.41, 5.74) is 1.87. The lowest BCUT2D eigenvalue weighted by Crippen LogP contribution is -2.70. The van der Waals surface area contributed by atoms with Gasteiger partial charge in [-0.05, 0) is 22.9 Å². The van der Waals surface area contributed by atoms with Crippen molar-refractivity contribution in [3.05, 3.63) is 0 Å². The molecule has 2 unspecified atom stereocenters. The van der Waals surface area contributed by atoms with Gasteiger partial charge < -0.3 is 5.32 Å². The molecule has 0 spiro atoms. The fourth-order valence-electron chi connectivity index (χ4n) is 1.38. The van der Waals surface area contributed by atoms with Crippen molar-refractivity contribution in [2.24, 2.45) is 5.10 Å². The third kappa shape index (κ3) is 1.03. The summed E-state index contributed by atoms with van der Waals surface area (Å²) in [5, 5.41) is 8.62. The zero-order valence-electron chi connectivity index (χ0n) is 6.72. The Balaban J connectivity index is 2.38. The number of rotatable bonds is 0. The number of hydrogen-bond donors (Lipinski definition) is 3. The molecule has 7 heteroatoms. The number of amides is 3. The summed E-state index contributed by atoms with van der Waals surface area (Å²) in [7, 11) is 0. The fourth-order valence-corrected chi connectivity index (χ4v) is 1.81. The van der Waals surface area contributed by atoms with Gasteiger partial charge in [0, 0.05) is 0 Å². The number of halogens is 1. The maximum absolute atomic E-state index is 11.3. The van der Waals surface area contributed by atoms with E-state index < -0.39 is 17.6 Å². The van der Waals surface area contributed by atoms with Crippen LogP contribution in [-0.4, -0.2) is 28.1 Å². The summed E-state index contributed by atoms with van der Waals surface area (Å²) in [5.74, 6) is -0.371. The summed E-state index contributed by atoms with van der Waals surface area (Å²) in [4.78, 5) is 22.3. The molecule has 0 aliphatic carbocycles. The highest BCUT2D eigenvalue weighted by Gasteiger charge is 2.51. The molecular formula is C6H7BrN4O2. The molecule has 2 rings (SSSR count). The van der Waals surface area contributed by atoms with Crippen LogP contribution < -0.4 is 16.1 Å². The molecule has 0 saturated carbocycles. The Hall–Kier alpha value is -1.11. The molecular weight excluding hydrogens is 240 g/mol. The van der Waals surface area contributed by atoms with E-state index in [0.717, 1.165) is 0 Å². The van der Waals surface area contributed by atoms with Crippen LogP contribution in [0.3, 0.4) is 0 Å². The second kappa shape index (κ2) is 2.44. The second-order valence-electron chi connectivity index (χ2n) is 3.11. The van der Waals surface area contributed by atoms with Gasteiger partial charge in [0.05, 0.1) is 0 Å². The fraction of sp³-hybridized carbons (Fsp3) is 0.500. The van der Waals surface area contributed by atoms with Crippen molar-refractivity contribution in [2.75, 3.05) is 0 Å². The molecule has 70 valence electrons. The van der Waals surface area contributed by atoms with E-state index in [1.807, 2.05) is 0 Å². The highest BCUT2D eigenvalue weighted by Crippen LogP contribution is 2.24. The van der Waals surface area contributed by atoms with Crippen molar-refractivity contribution in [3.8, 4) is 0 Å². The van der Waals surface area contributed by atoms with Gasteiger partial charge >= 0.3 is 6.03 Å². The second-order valence-corrected chi connectivity index (χ2v) is 3.86. The predicted molar refractivity (Wildman–Crippen MR) is 48.4 cm³/mol. The Bertz CT molecular complexity index is 329. The SMILES string of the molecule is CC12NC(=O)NC(=O)C1NN=C2Br. The van der Waals surface area contributed by atoms with Crippen LogP contribution in [-0.2, 0) is 4.79 Å². The van der Waals surface area contributed by atoms with Crippen molar-refractivity contribution in [1.29, 1.82) is 0 Å². The Morgan fingerprint density at radius 2 is 2.23 bits per heavy atom. The van der Waals surface area contributed by atoms with Crippen LogP contribution >= 0.6 is 15.9 Å². The van der Waals surface area contributed by atoms with Crippen molar-refractivity contribution in [2.45, 2.75) is 18.5 Å². The number of nitrogens with zero attached hydrogens (tertiary/aromatic N) is 1. The van der Waals surface area contributed by atoms with Gasteiger partial charge in [-0.1, -0.05) is 0 Å². The Kier molecular flexibility index (Phi) is 1.59. The number of hydrogen-bond acceptors (Lipinski definition) is 4. The first-order chi connectivity index (χ1) is 6.04. The van der Waals surface area contributed by atoms with E-state index >= 15 is 0 Å². The molecule has 2 aliphatic rings. The van der Waals surface area contributed by atoms with Gasteiger partial charge in [-0.2, -0.15) is 5.10 Å². The Morgan fingerprint density at radius 3 is 2.92 bits per heavy atom. The molecule has 1 saturated heterocycles. The first-order valence-electron chi connectivity index (χ1n) is 3.66. The number of imide groups is 1. The molecule has 0 aromatic carbocycles. The number of nitrogens with one attached hydrogen (secondary N) is 3. The number of urea groups is 1. The Morgan fingerprint density at radius 1 is 1.54 bits per heavy atom. The molecule has 0 bridgehead atoms. The van der Waals surface area contributed by atoms with Gasteiger partial charge in [0.2, 0.25) is 0 Å². The summed E-state index contributed by atoms with van der Waals surface area (Å²) < 4.78 is 0.521. The van der Waals surface area contributed by atoms with Gasteiger partial charge in [-0.15, -0.1) is 0 Å².